The van der Waals surface area contributed by atoms with E-state index in [0.717, 1.165) is 92.4 Å². The number of aliphatic hydroxyl groups is 1. The lowest BCUT2D eigenvalue weighted by molar-refractivity contribution is -0.145. The Morgan fingerprint density at radius 2 is 1.74 bits per heavy atom. The first-order chi connectivity index (χ1) is 27.5. The second-order valence-electron chi connectivity index (χ2n) is 16.5. The molecule has 3 fully saturated rings. The minimum Gasteiger partial charge on any atom is -0.386 e. The fourth-order valence-electron chi connectivity index (χ4n) is 9.11. The zero-order valence-corrected chi connectivity index (χ0v) is 32.6. The number of imidazole rings is 1. The van der Waals surface area contributed by atoms with Crippen LogP contribution in [0.1, 0.15) is 111 Å². The molecule has 17 heteroatoms. The number of halogens is 3. The highest BCUT2D eigenvalue weighted by Gasteiger charge is 2.36. The highest BCUT2D eigenvalue weighted by Crippen LogP contribution is 2.38. The Labute approximate surface area is 331 Å². The molecular formula is C41H46F3N9O5. The number of carbonyl (C=O) groups excluding carboxylic acids is 3. The van der Waals surface area contributed by atoms with Crippen LogP contribution in [-0.2, 0) is 28.4 Å². The zero-order chi connectivity index (χ0) is 41.1. The van der Waals surface area contributed by atoms with Gasteiger partial charge in [-0.2, -0.15) is 18.3 Å². The Hall–Kier alpha value is -5.42. The van der Waals surface area contributed by atoms with Gasteiger partial charge >= 0.3 is 11.9 Å². The molecule has 1 aliphatic carbocycles. The number of alkyl halides is 3. The van der Waals surface area contributed by atoms with Crippen molar-refractivity contribution in [2.75, 3.05) is 25.0 Å². The topological polar surface area (TPSA) is 169 Å². The highest BCUT2D eigenvalue weighted by molar-refractivity contribution is 6.04. The van der Waals surface area contributed by atoms with Crippen LogP contribution in [0.4, 0.5) is 18.9 Å². The third-order valence-electron chi connectivity index (χ3n) is 12.1. The van der Waals surface area contributed by atoms with Gasteiger partial charge in [0, 0.05) is 49.0 Å². The van der Waals surface area contributed by atoms with Crippen LogP contribution in [-0.4, -0.2) is 76.2 Å². The van der Waals surface area contributed by atoms with Crippen LogP contribution in [0, 0.1) is 5.92 Å². The lowest BCUT2D eigenvalue weighted by atomic mass is 9.84. The van der Waals surface area contributed by atoms with Gasteiger partial charge in [-0.1, -0.05) is 12.1 Å². The van der Waals surface area contributed by atoms with Crippen molar-refractivity contribution in [2.45, 2.75) is 95.0 Å². The van der Waals surface area contributed by atoms with E-state index >= 15 is 0 Å². The van der Waals surface area contributed by atoms with Crippen LogP contribution in [0.3, 0.4) is 0 Å². The molecule has 5 aromatic rings. The summed E-state index contributed by atoms with van der Waals surface area (Å²) in [6.45, 7) is 6.01. The second kappa shape index (κ2) is 15.1. The third kappa shape index (κ3) is 7.64. The van der Waals surface area contributed by atoms with Gasteiger partial charge in [0.2, 0.25) is 17.6 Å². The van der Waals surface area contributed by atoms with E-state index in [1.807, 2.05) is 23.0 Å². The van der Waals surface area contributed by atoms with Crippen LogP contribution >= 0.6 is 0 Å². The van der Waals surface area contributed by atoms with Gasteiger partial charge in [-0.3, -0.25) is 33.5 Å². The summed E-state index contributed by atoms with van der Waals surface area (Å²) in [7, 11) is 1.75. The Morgan fingerprint density at radius 1 is 1.00 bits per heavy atom. The van der Waals surface area contributed by atoms with E-state index in [1.54, 1.807) is 42.2 Å². The number of amides is 3. The molecule has 306 valence electrons. The number of aromatic nitrogens is 6. The summed E-state index contributed by atoms with van der Waals surface area (Å²) in [5.74, 6) is -2.22. The number of nitrogens with one attached hydrogen (secondary N) is 2. The standard InChI is InChI=1S/C41H46F3N9O5/c1-40(2,58)28-20-30-25(19-31(28)46-36(55)29-13-16-45-38(47-29)41(42,43)44)22-52(49-30)26-9-7-23(8-10-26)21-51-17-14-24(15-18-51)27-5-4-6-32-35(27)50(3)39(57)53(32)33-11-12-34(54)48-37(33)56/h4-6,13,16,19-20,22-24,26,33,58H,7-12,14-15,17-18,21H2,1-3H3,(H,46,55)(H,48,54,56). The van der Waals surface area contributed by atoms with Gasteiger partial charge in [0.05, 0.1) is 28.2 Å². The van der Waals surface area contributed by atoms with Crippen LogP contribution in [0.25, 0.3) is 21.9 Å². The number of fused-ring (bicyclic) bond motifs is 2. The summed E-state index contributed by atoms with van der Waals surface area (Å²) in [4.78, 5) is 60.1. The minimum absolute atomic E-state index is 0.166. The first-order valence-corrected chi connectivity index (χ1v) is 19.8. The van der Waals surface area contributed by atoms with E-state index in [-0.39, 0.29) is 35.7 Å². The normalized spacial score (nSPS) is 21.5. The lowest BCUT2D eigenvalue weighted by Gasteiger charge is -2.37. The van der Waals surface area contributed by atoms with Crippen molar-refractivity contribution in [3.05, 3.63) is 81.9 Å². The summed E-state index contributed by atoms with van der Waals surface area (Å²) in [6.07, 6.45) is 4.33. The molecule has 5 heterocycles. The first kappa shape index (κ1) is 39.4. The van der Waals surface area contributed by atoms with Crippen molar-refractivity contribution < 1.29 is 32.7 Å². The van der Waals surface area contributed by atoms with Crippen molar-refractivity contribution >= 4 is 45.3 Å². The largest absolute Gasteiger partial charge is 0.451 e. The van der Waals surface area contributed by atoms with Gasteiger partial charge in [0.25, 0.3) is 5.91 Å². The van der Waals surface area contributed by atoms with Crippen LogP contribution in [0.2, 0.25) is 0 Å². The molecule has 2 aromatic carbocycles. The monoisotopic (exact) mass is 801 g/mol. The summed E-state index contributed by atoms with van der Waals surface area (Å²) >= 11 is 0. The quantitative estimate of drug-likeness (QED) is 0.170. The average molecular weight is 802 g/mol. The lowest BCUT2D eigenvalue weighted by Crippen LogP contribution is -2.44. The fourth-order valence-corrected chi connectivity index (χ4v) is 9.11. The molecule has 3 aromatic heterocycles. The van der Waals surface area contributed by atoms with E-state index in [1.165, 1.54) is 0 Å². The van der Waals surface area contributed by atoms with Crippen molar-refractivity contribution in [3.8, 4) is 0 Å². The molecule has 14 nitrogen and oxygen atoms in total. The first-order valence-electron chi connectivity index (χ1n) is 19.8. The number of nitrogens with zero attached hydrogens (tertiary/aromatic N) is 7. The van der Waals surface area contributed by atoms with Crippen molar-refractivity contribution in [3.63, 3.8) is 0 Å². The maximum absolute atomic E-state index is 13.5. The molecule has 3 N–H and O–H groups in total. The number of para-hydroxylation sites is 1. The van der Waals surface area contributed by atoms with Crippen molar-refractivity contribution in [1.82, 2.24) is 39.1 Å². The molecule has 3 aliphatic rings. The molecule has 2 saturated heterocycles. The maximum atomic E-state index is 13.5. The number of imide groups is 1. The molecule has 1 atom stereocenters. The van der Waals surface area contributed by atoms with E-state index < -0.39 is 41.2 Å². The number of hydrogen-bond donors (Lipinski definition) is 3. The molecule has 0 radical (unpaired) electrons. The maximum Gasteiger partial charge on any atom is 0.451 e. The Bertz CT molecular complexity index is 2470. The van der Waals surface area contributed by atoms with Gasteiger partial charge < -0.3 is 15.3 Å². The third-order valence-corrected chi connectivity index (χ3v) is 12.1. The summed E-state index contributed by atoms with van der Waals surface area (Å²) in [5.41, 5.74) is 1.82. The molecule has 1 saturated carbocycles. The predicted octanol–water partition coefficient (Wildman–Crippen LogP) is 5.57. The summed E-state index contributed by atoms with van der Waals surface area (Å²) in [5, 5.41) is 21.6. The molecule has 2 aliphatic heterocycles. The zero-order valence-electron chi connectivity index (χ0n) is 32.6. The van der Waals surface area contributed by atoms with Crippen molar-refractivity contribution in [2.24, 2.45) is 13.0 Å². The summed E-state index contributed by atoms with van der Waals surface area (Å²) in [6, 6.07) is 9.86. The van der Waals surface area contributed by atoms with Gasteiger partial charge in [0.1, 0.15) is 11.7 Å². The predicted molar refractivity (Wildman–Crippen MR) is 208 cm³/mol. The number of benzene rings is 2. The van der Waals surface area contributed by atoms with Gasteiger partial charge in [-0.15, -0.1) is 0 Å². The molecule has 3 amide bonds. The Morgan fingerprint density at radius 3 is 2.43 bits per heavy atom. The molecular weight excluding hydrogens is 756 g/mol. The van der Waals surface area contributed by atoms with E-state index in [2.05, 4.69) is 31.6 Å². The Kier molecular flexibility index (Phi) is 10.2. The number of aryl methyl sites for hydroxylation is 1. The molecule has 58 heavy (non-hydrogen) atoms. The van der Waals surface area contributed by atoms with Crippen LogP contribution in [0.15, 0.2) is 53.6 Å². The van der Waals surface area contributed by atoms with Gasteiger partial charge in [-0.25, -0.2) is 14.8 Å². The number of piperidine rings is 2. The van der Waals surface area contributed by atoms with Crippen molar-refractivity contribution in [1.29, 1.82) is 0 Å². The molecule has 0 bridgehead atoms. The van der Waals surface area contributed by atoms with Crippen LogP contribution < -0.4 is 16.3 Å². The number of anilines is 1. The molecule has 8 rings (SSSR count). The van der Waals surface area contributed by atoms with E-state index in [0.29, 0.717) is 23.4 Å². The van der Waals surface area contributed by atoms with Gasteiger partial charge in [0.15, 0.2) is 0 Å². The summed E-state index contributed by atoms with van der Waals surface area (Å²) < 4.78 is 44.7. The average Bonchev–Trinajstić information content (AvgIpc) is 3.72. The molecule has 1 unspecified atom stereocenters. The number of carbonyl (C=O) groups is 3. The SMILES string of the molecule is Cn1c(=O)n(C2CCC(=O)NC2=O)c2cccc(C3CCN(CC4CCC(n5cc6cc(NC(=O)c7ccnc(C(F)(F)F)n7)c(C(C)(C)O)cc6n5)CC4)CC3)c21. The number of likely N-dealkylation sites (tertiary alicyclic amines) is 1. The number of rotatable bonds is 8. The molecule has 0 spiro atoms. The fraction of sp³-hybridized carbons (Fsp3) is 0.488. The second-order valence-corrected chi connectivity index (χ2v) is 16.5. The Balaban J connectivity index is 0.897. The number of hydrogen-bond acceptors (Lipinski definition) is 9. The van der Waals surface area contributed by atoms with Crippen LogP contribution in [0.5, 0.6) is 0 Å². The van der Waals surface area contributed by atoms with E-state index in [9.17, 15) is 37.5 Å². The highest BCUT2D eigenvalue weighted by atomic mass is 19.4. The van der Waals surface area contributed by atoms with Gasteiger partial charge in [-0.05, 0) is 114 Å². The minimum atomic E-state index is -4.81. The smallest absolute Gasteiger partial charge is 0.386 e. The van der Waals surface area contributed by atoms with E-state index in [4.69, 9.17) is 5.10 Å².